The van der Waals surface area contributed by atoms with E-state index in [2.05, 4.69) is 115 Å². The topological polar surface area (TPSA) is 63.3 Å². The van der Waals surface area contributed by atoms with Gasteiger partial charge in [0.25, 0.3) is 0 Å². The first-order valence-corrected chi connectivity index (χ1v) is 16.2. The third-order valence-electron chi connectivity index (χ3n) is 9.58. The summed E-state index contributed by atoms with van der Waals surface area (Å²) in [4.78, 5) is 14.9. The molecule has 0 saturated carbocycles. The monoisotopic (exact) mass is 803 g/mol. The minimum Gasteiger partial charge on any atom is -0.512 e. The zero-order chi connectivity index (χ0) is 33.2. The number of carbonyl (C=O) groups is 1. The van der Waals surface area contributed by atoms with Crippen LogP contribution in [0.15, 0.2) is 83.1 Å². The van der Waals surface area contributed by atoms with Gasteiger partial charge >= 0.3 is 0 Å². The van der Waals surface area contributed by atoms with Crippen molar-refractivity contribution in [2.24, 2.45) is 0 Å². The van der Waals surface area contributed by atoms with E-state index in [0.717, 1.165) is 45.0 Å². The summed E-state index contributed by atoms with van der Waals surface area (Å²) in [6.07, 6.45) is 5.44. The summed E-state index contributed by atoms with van der Waals surface area (Å²) < 4.78 is 6.89. The average molecular weight is 803 g/mol. The van der Waals surface area contributed by atoms with Crippen LogP contribution in [0.3, 0.4) is 0 Å². The number of aliphatic hydroxyl groups is 1. The molecular weight excluding hydrogens is 759 g/mol. The third-order valence-corrected chi connectivity index (χ3v) is 9.58. The van der Waals surface area contributed by atoms with Crippen LogP contribution in [0, 0.1) is 6.07 Å². The molecule has 1 radical (unpaired) electrons. The third kappa shape index (κ3) is 6.28. The number of nitrogens with zero attached hydrogens (tertiary/aromatic N) is 1. The number of rotatable bonds is 2. The predicted octanol–water partition coefficient (Wildman–Crippen LogP) is 11.4. The molecule has 1 aliphatic carbocycles. The molecule has 0 amide bonds. The second-order valence-electron chi connectivity index (χ2n) is 15.2. The van der Waals surface area contributed by atoms with E-state index in [9.17, 15) is 4.79 Å². The molecule has 4 nitrogen and oxygen atoms in total. The molecule has 7 rings (SSSR count). The smallest absolute Gasteiger partial charge is 0.155 e. The van der Waals surface area contributed by atoms with Crippen molar-refractivity contribution in [2.45, 2.75) is 91.4 Å². The van der Waals surface area contributed by atoms with Crippen molar-refractivity contribution >= 4 is 49.3 Å². The molecule has 0 aliphatic heterocycles. The van der Waals surface area contributed by atoms with E-state index in [1.807, 2.05) is 6.20 Å². The van der Waals surface area contributed by atoms with Crippen LogP contribution in [0.1, 0.15) is 91.8 Å². The van der Waals surface area contributed by atoms with E-state index in [1.165, 1.54) is 59.2 Å². The van der Waals surface area contributed by atoms with Gasteiger partial charge in [0, 0.05) is 59.8 Å². The van der Waals surface area contributed by atoms with Crippen LogP contribution in [0.4, 0.5) is 0 Å². The average Bonchev–Trinajstić information content (AvgIpc) is 3.37. The van der Waals surface area contributed by atoms with Crippen molar-refractivity contribution in [2.75, 3.05) is 0 Å². The predicted molar refractivity (Wildman–Crippen MR) is 192 cm³/mol. The van der Waals surface area contributed by atoms with E-state index in [0.29, 0.717) is 0 Å². The summed E-state index contributed by atoms with van der Waals surface area (Å²) in [6.45, 7) is 19.2. The van der Waals surface area contributed by atoms with Crippen molar-refractivity contribution in [1.82, 2.24) is 4.98 Å². The minimum atomic E-state index is -0.125. The first kappa shape index (κ1) is 34.5. The number of aromatic nitrogens is 1. The Morgan fingerprint density at radius 1 is 0.851 bits per heavy atom. The molecule has 0 unspecified atom stereocenters. The van der Waals surface area contributed by atoms with E-state index in [1.54, 1.807) is 0 Å². The van der Waals surface area contributed by atoms with Gasteiger partial charge in [-0.2, -0.15) is 0 Å². The molecule has 245 valence electrons. The Hall–Kier alpha value is -3.79. The van der Waals surface area contributed by atoms with Gasteiger partial charge in [0.15, 0.2) is 5.78 Å². The van der Waals surface area contributed by atoms with Crippen molar-refractivity contribution in [3.05, 3.63) is 101 Å². The summed E-state index contributed by atoms with van der Waals surface area (Å²) in [5, 5.41) is 15.3. The molecule has 0 spiro atoms. The number of allylic oxidation sites excluding steroid dienone is 2. The fourth-order valence-corrected chi connectivity index (χ4v) is 7.16. The van der Waals surface area contributed by atoms with Gasteiger partial charge in [-0.25, -0.2) is 0 Å². The largest absolute Gasteiger partial charge is 0.512 e. The maximum atomic E-state index is 10.0. The van der Waals surface area contributed by atoms with Crippen molar-refractivity contribution < 1.29 is 34.4 Å². The van der Waals surface area contributed by atoms with Crippen LogP contribution >= 0.6 is 0 Å². The van der Waals surface area contributed by atoms with Crippen LogP contribution in [0.25, 0.3) is 54.7 Å². The number of fused-ring (bicyclic) bond motifs is 8. The molecule has 4 aromatic carbocycles. The number of hydrogen-bond acceptors (Lipinski definition) is 4. The van der Waals surface area contributed by atoms with E-state index in [4.69, 9.17) is 14.5 Å². The number of ketones is 1. The van der Waals surface area contributed by atoms with Gasteiger partial charge in [0.2, 0.25) is 0 Å². The molecular formula is C42H44IrNO3-. The van der Waals surface area contributed by atoms with Crippen LogP contribution in [-0.2, 0) is 41.1 Å². The minimum absolute atomic E-state index is 0. The van der Waals surface area contributed by atoms with Crippen molar-refractivity contribution in [3.8, 4) is 11.3 Å². The molecule has 2 aromatic heterocycles. The van der Waals surface area contributed by atoms with Crippen LogP contribution in [0.5, 0.6) is 0 Å². The first-order chi connectivity index (χ1) is 21.6. The van der Waals surface area contributed by atoms with E-state index < -0.39 is 0 Å². The van der Waals surface area contributed by atoms with Crippen LogP contribution in [0.2, 0.25) is 0 Å². The van der Waals surface area contributed by atoms with Crippen molar-refractivity contribution in [1.29, 1.82) is 0 Å². The number of benzene rings is 4. The molecule has 5 heteroatoms. The Kier molecular flexibility index (Phi) is 9.07. The molecule has 0 bridgehead atoms. The summed E-state index contributed by atoms with van der Waals surface area (Å²) in [5.74, 6) is -0.0625. The summed E-state index contributed by atoms with van der Waals surface area (Å²) >= 11 is 0. The number of furan rings is 1. The van der Waals surface area contributed by atoms with Crippen LogP contribution < -0.4 is 0 Å². The maximum absolute atomic E-state index is 10.0. The Morgan fingerprint density at radius 3 is 2.13 bits per heavy atom. The Morgan fingerprint density at radius 2 is 1.47 bits per heavy atom. The van der Waals surface area contributed by atoms with E-state index in [-0.39, 0.29) is 47.9 Å². The molecule has 0 saturated heterocycles. The fraction of sp³-hybridized carbons (Fsp3) is 0.333. The maximum Gasteiger partial charge on any atom is 0.155 e. The summed E-state index contributed by atoms with van der Waals surface area (Å²) in [7, 11) is 0. The van der Waals surface area contributed by atoms with Gasteiger partial charge < -0.3 is 9.52 Å². The SMILES string of the molecule is CC(=O)/C=C(/C)O.CC(C)(C)c1cc(-c2nccc3c2ccc2c4ccc5c(c4oc32)C(C)(C)CCC5(C)C)[c-]c2ccccc12.[Ir]. The van der Waals surface area contributed by atoms with Gasteiger partial charge in [-0.15, -0.1) is 29.1 Å². The second-order valence-corrected chi connectivity index (χ2v) is 15.2. The van der Waals surface area contributed by atoms with E-state index >= 15 is 0 Å². The number of pyridine rings is 1. The number of hydrogen-bond donors (Lipinski definition) is 1. The Bertz CT molecular complexity index is 2190. The fourth-order valence-electron chi connectivity index (χ4n) is 7.16. The molecule has 2 heterocycles. The van der Waals surface area contributed by atoms with Crippen LogP contribution in [-0.4, -0.2) is 15.9 Å². The zero-order valence-electron chi connectivity index (χ0n) is 28.9. The normalized spacial score (nSPS) is 15.6. The Balaban J connectivity index is 0.000000491. The molecule has 0 fully saturated rings. The van der Waals surface area contributed by atoms with Gasteiger partial charge in [-0.05, 0) is 60.0 Å². The Labute approximate surface area is 291 Å². The zero-order valence-corrected chi connectivity index (χ0v) is 31.3. The second kappa shape index (κ2) is 12.3. The summed E-state index contributed by atoms with van der Waals surface area (Å²) in [5.41, 5.74) is 8.33. The number of carbonyl (C=O) groups excluding carboxylic acids is 1. The molecule has 1 N–H and O–H groups in total. The molecule has 6 aromatic rings. The first-order valence-electron chi connectivity index (χ1n) is 16.2. The summed E-state index contributed by atoms with van der Waals surface area (Å²) in [6, 6.07) is 25.7. The van der Waals surface area contributed by atoms with Gasteiger partial charge in [0.1, 0.15) is 11.2 Å². The van der Waals surface area contributed by atoms with Gasteiger partial charge in [0.05, 0.1) is 5.76 Å². The standard InChI is InChI=1S/C37H36NO.C5H8O2.Ir/c1-35(2,3)30-21-23(20-22-10-8-9-11-24(22)30)32-25-12-13-26-27-14-15-29-31(37(6,7)18-17-36(29,4)5)34(27)39-33(26)28(25)16-19-38-32;1-4(6)3-5(2)7;/h8-16,19,21H,17-18H2,1-7H3;3,6H,1-2H3;/q-1;;/b;4-3-;. The number of aliphatic hydroxyl groups excluding tert-OH is 1. The molecule has 0 atom stereocenters. The van der Waals surface area contributed by atoms with Gasteiger partial charge in [-0.3, -0.25) is 9.78 Å². The molecule has 1 aliphatic rings. The van der Waals surface area contributed by atoms with Crippen molar-refractivity contribution in [3.63, 3.8) is 0 Å². The molecule has 47 heavy (non-hydrogen) atoms. The quantitative estimate of drug-likeness (QED) is 0.108. The van der Waals surface area contributed by atoms with Gasteiger partial charge in [-0.1, -0.05) is 102 Å².